The standard InChI is InChI=1S/C17H21N3/c1-14-6-2-4-8-16(14)19-10-12-20(13-11-19)17-9-5-3-7-15(17)18/h2-9H,10-13,18H2,1H3. The van der Waals surface area contributed by atoms with E-state index < -0.39 is 0 Å². The Morgan fingerprint density at radius 2 is 1.25 bits per heavy atom. The van der Waals surface area contributed by atoms with Crippen LogP contribution in [0.25, 0.3) is 0 Å². The van der Waals surface area contributed by atoms with E-state index in [1.54, 1.807) is 0 Å². The maximum atomic E-state index is 6.07. The summed E-state index contributed by atoms with van der Waals surface area (Å²) in [7, 11) is 0. The van der Waals surface area contributed by atoms with Crippen molar-refractivity contribution in [2.45, 2.75) is 6.92 Å². The average Bonchev–Trinajstić information content (AvgIpc) is 2.49. The van der Waals surface area contributed by atoms with Gasteiger partial charge in [0.1, 0.15) is 0 Å². The number of nitrogens with zero attached hydrogens (tertiary/aromatic N) is 2. The molecule has 1 aliphatic heterocycles. The lowest BCUT2D eigenvalue weighted by Crippen LogP contribution is -2.47. The van der Waals surface area contributed by atoms with Gasteiger partial charge in [0.2, 0.25) is 0 Å². The third-order valence-corrected chi connectivity index (χ3v) is 4.01. The van der Waals surface area contributed by atoms with Crippen molar-refractivity contribution in [3.63, 3.8) is 0 Å². The van der Waals surface area contributed by atoms with Crippen molar-refractivity contribution >= 4 is 17.1 Å². The summed E-state index contributed by atoms with van der Waals surface area (Å²) in [5.41, 5.74) is 10.8. The molecule has 0 spiro atoms. The molecule has 2 aromatic rings. The lowest BCUT2D eigenvalue weighted by atomic mass is 10.1. The molecule has 1 heterocycles. The molecular weight excluding hydrogens is 246 g/mol. The summed E-state index contributed by atoms with van der Waals surface area (Å²) in [5.74, 6) is 0. The number of nitrogens with two attached hydrogens (primary N) is 1. The molecule has 0 unspecified atom stereocenters. The van der Waals surface area contributed by atoms with Crippen LogP contribution in [0.4, 0.5) is 17.1 Å². The third kappa shape index (κ3) is 2.44. The van der Waals surface area contributed by atoms with Crippen molar-refractivity contribution in [3.8, 4) is 0 Å². The Bertz CT molecular complexity index is 533. The number of nitrogen functional groups attached to an aromatic ring is 1. The van der Waals surface area contributed by atoms with Crippen molar-refractivity contribution in [1.82, 2.24) is 0 Å². The van der Waals surface area contributed by atoms with Gasteiger partial charge >= 0.3 is 0 Å². The zero-order valence-corrected chi connectivity index (χ0v) is 11.9. The molecule has 3 heteroatoms. The molecule has 104 valence electrons. The monoisotopic (exact) mass is 267 g/mol. The molecule has 3 nitrogen and oxygen atoms in total. The highest BCUT2D eigenvalue weighted by molar-refractivity contribution is 5.68. The van der Waals surface area contributed by atoms with Crippen LogP contribution in [-0.2, 0) is 0 Å². The van der Waals surface area contributed by atoms with Gasteiger partial charge in [-0.2, -0.15) is 0 Å². The van der Waals surface area contributed by atoms with Gasteiger partial charge in [0.15, 0.2) is 0 Å². The second-order valence-electron chi connectivity index (χ2n) is 5.32. The number of benzene rings is 2. The molecule has 1 saturated heterocycles. The van der Waals surface area contributed by atoms with E-state index in [9.17, 15) is 0 Å². The van der Waals surface area contributed by atoms with E-state index in [1.165, 1.54) is 11.3 Å². The van der Waals surface area contributed by atoms with E-state index in [2.05, 4.69) is 53.1 Å². The van der Waals surface area contributed by atoms with E-state index in [0.717, 1.165) is 37.6 Å². The van der Waals surface area contributed by atoms with E-state index in [1.807, 2.05) is 12.1 Å². The molecule has 1 fully saturated rings. The number of anilines is 3. The molecule has 20 heavy (non-hydrogen) atoms. The molecule has 0 aliphatic carbocycles. The molecule has 0 amide bonds. The van der Waals surface area contributed by atoms with Crippen LogP contribution in [0.1, 0.15) is 5.56 Å². The summed E-state index contributed by atoms with van der Waals surface area (Å²) in [6, 6.07) is 16.7. The topological polar surface area (TPSA) is 32.5 Å². The number of para-hydroxylation sites is 3. The summed E-state index contributed by atoms with van der Waals surface area (Å²) in [5, 5.41) is 0. The van der Waals surface area contributed by atoms with Crippen molar-refractivity contribution in [1.29, 1.82) is 0 Å². The molecule has 0 aromatic heterocycles. The van der Waals surface area contributed by atoms with Crippen LogP contribution in [0.3, 0.4) is 0 Å². The zero-order chi connectivity index (χ0) is 13.9. The highest BCUT2D eigenvalue weighted by Crippen LogP contribution is 2.26. The Hall–Kier alpha value is -2.16. The summed E-state index contributed by atoms with van der Waals surface area (Å²) >= 11 is 0. The van der Waals surface area contributed by atoms with E-state index in [0.29, 0.717) is 0 Å². The molecule has 3 rings (SSSR count). The average molecular weight is 267 g/mol. The van der Waals surface area contributed by atoms with Crippen molar-refractivity contribution in [2.24, 2.45) is 0 Å². The van der Waals surface area contributed by atoms with Gasteiger partial charge < -0.3 is 15.5 Å². The number of rotatable bonds is 2. The Kier molecular flexibility index (Phi) is 3.50. The van der Waals surface area contributed by atoms with Gasteiger partial charge in [-0.25, -0.2) is 0 Å². The number of aryl methyl sites for hydroxylation is 1. The molecule has 0 radical (unpaired) electrons. The Labute approximate surface area is 120 Å². The number of piperazine rings is 1. The van der Waals surface area contributed by atoms with Crippen molar-refractivity contribution in [2.75, 3.05) is 41.7 Å². The van der Waals surface area contributed by atoms with Crippen LogP contribution in [0.15, 0.2) is 48.5 Å². The number of hydrogen-bond donors (Lipinski definition) is 1. The highest BCUT2D eigenvalue weighted by atomic mass is 15.3. The van der Waals surface area contributed by atoms with Crippen LogP contribution < -0.4 is 15.5 Å². The van der Waals surface area contributed by atoms with Gasteiger partial charge in [-0.1, -0.05) is 30.3 Å². The van der Waals surface area contributed by atoms with Gasteiger partial charge in [0.25, 0.3) is 0 Å². The maximum Gasteiger partial charge on any atom is 0.0601 e. The van der Waals surface area contributed by atoms with Gasteiger partial charge in [-0.3, -0.25) is 0 Å². The highest BCUT2D eigenvalue weighted by Gasteiger charge is 2.19. The molecular formula is C17H21N3. The summed E-state index contributed by atoms with van der Waals surface area (Å²) in [6.07, 6.45) is 0. The van der Waals surface area contributed by atoms with Crippen LogP contribution in [0, 0.1) is 6.92 Å². The largest absolute Gasteiger partial charge is 0.397 e. The second kappa shape index (κ2) is 5.45. The van der Waals surface area contributed by atoms with E-state index in [4.69, 9.17) is 5.73 Å². The minimum Gasteiger partial charge on any atom is -0.397 e. The van der Waals surface area contributed by atoms with Gasteiger partial charge in [-0.05, 0) is 30.7 Å². The summed E-state index contributed by atoms with van der Waals surface area (Å²) in [4.78, 5) is 4.84. The fourth-order valence-electron chi connectivity index (χ4n) is 2.88. The first kappa shape index (κ1) is 12.9. The Morgan fingerprint density at radius 1 is 0.750 bits per heavy atom. The summed E-state index contributed by atoms with van der Waals surface area (Å²) in [6.45, 7) is 6.29. The normalized spacial score (nSPS) is 15.4. The maximum absolute atomic E-state index is 6.07. The molecule has 2 aromatic carbocycles. The van der Waals surface area contributed by atoms with Crippen LogP contribution >= 0.6 is 0 Å². The predicted molar refractivity (Wildman–Crippen MR) is 86.5 cm³/mol. The Morgan fingerprint density at radius 3 is 1.85 bits per heavy atom. The van der Waals surface area contributed by atoms with Gasteiger partial charge in [0.05, 0.1) is 11.4 Å². The molecule has 2 N–H and O–H groups in total. The van der Waals surface area contributed by atoms with E-state index >= 15 is 0 Å². The fraction of sp³-hybridized carbons (Fsp3) is 0.294. The van der Waals surface area contributed by atoms with Crippen molar-refractivity contribution in [3.05, 3.63) is 54.1 Å². The van der Waals surface area contributed by atoms with Crippen molar-refractivity contribution < 1.29 is 0 Å². The summed E-state index contributed by atoms with van der Waals surface area (Å²) < 4.78 is 0. The molecule has 0 atom stereocenters. The third-order valence-electron chi connectivity index (χ3n) is 4.01. The lowest BCUT2D eigenvalue weighted by molar-refractivity contribution is 0.653. The first-order chi connectivity index (χ1) is 9.75. The smallest absolute Gasteiger partial charge is 0.0601 e. The number of hydrogen-bond acceptors (Lipinski definition) is 3. The van der Waals surface area contributed by atoms with E-state index in [-0.39, 0.29) is 0 Å². The molecule has 0 bridgehead atoms. The van der Waals surface area contributed by atoms with Gasteiger partial charge in [0, 0.05) is 31.9 Å². The van der Waals surface area contributed by atoms with Crippen LogP contribution in [0.2, 0.25) is 0 Å². The first-order valence-electron chi connectivity index (χ1n) is 7.16. The minimum atomic E-state index is 0.872. The van der Waals surface area contributed by atoms with Crippen LogP contribution in [0.5, 0.6) is 0 Å². The minimum absolute atomic E-state index is 0.872. The zero-order valence-electron chi connectivity index (χ0n) is 11.9. The van der Waals surface area contributed by atoms with Crippen LogP contribution in [-0.4, -0.2) is 26.2 Å². The van der Waals surface area contributed by atoms with Gasteiger partial charge in [-0.15, -0.1) is 0 Å². The lowest BCUT2D eigenvalue weighted by Gasteiger charge is -2.38. The Balaban J connectivity index is 1.72. The predicted octanol–water partition coefficient (Wildman–Crippen LogP) is 2.90. The first-order valence-corrected chi connectivity index (χ1v) is 7.16. The quantitative estimate of drug-likeness (QED) is 0.849. The second-order valence-corrected chi connectivity index (χ2v) is 5.32. The molecule has 1 aliphatic rings. The fourth-order valence-corrected chi connectivity index (χ4v) is 2.88. The SMILES string of the molecule is Cc1ccccc1N1CCN(c2ccccc2N)CC1. The molecule has 0 saturated carbocycles.